The van der Waals surface area contributed by atoms with Crippen LogP contribution in [0.5, 0.6) is 0 Å². The number of benzene rings is 1. The Kier molecular flexibility index (Phi) is 5.01. The van der Waals surface area contributed by atoms with Crippen molar-refractivity contribution < 1.29 is 9.59 Å². The summed E-state index contributed by atoms with van der Waals surface area (Å²) in [4.78, 5) is 37.4. The Balaban J connectivity index is 1.95. The SMILES string of the molecule is CC1CCCCN1c1ccc(C(N)=O)cc1NC(=O)c1ccc(=O)[nH]n1. The topological polar surface area (TPSA) is 121 Å². The molecule has 1 fully saturated rings. The van der Waals surface area contributed by atoms with Gasteiger partial charge in [-0.1, -0.05) is 0 Å². The largest absolute Gasteiger partial charge is 0.367 e. The molecule has 0 radical (unpaired) electrons. The molecule has 136 valence electrons. The zero-order chi connectivity index (χ0) is 18.7. The molecule has 3 rings (SSSR count). The Morgan fingerprint density at radius 2 is 2.08 bits per heavy atom. The molecule has 1 aromatic heterocycles. The van der Waals surface area contributed by atoms with Crippen LogP contribution in [0.2, 0.25) is 0 Å². The van der Waals surface area contributed by atoms with Crippen LogP contribution in [0.15, 0.2) is 35.1 Å². The number of nitrogens with two attached hydrogens (primary N) is 1. The van der Waals surface area contributed by atoms with Gasteiger partial charge in [-0.25, -0.2) is 5.10 Å². The van der Waals surface area contributed by atoms with Crippen molar-refractivity contribution in [2.45, 2.75) is 32.2 Å². The van der Waals surface area contributed by atoms with E-state index in [-0.39, 0.29) is 11.3 Å². The zero-order valence-electron chi connectivity index (χ0n) is 14.5. The third-order valence-corrected chi connectivity index (χ3v) is 4.55. The zero-order valence-corrected chi connectivity index (χ0v) is 14.5. The highest BCUT2D eigenvalue weighted by Crippen LogP contribution is 2.32. The van der Waals surface area contributed by atoms with E-state index in [1.165, 1.54) is 18.6 Å². The van der Waals surface area contributed by atoms with Crippen LogP contribution < -0.4 is 21.5 Å². The molecule has 0 saturated carbocycles. The minimum atomic E-state index is -0.569. The molecule has 2 heterocycles. The fourth-order valence-electron chi connectivity index (χ4n) is 3.15. The van der Waals surface area contributed by atoms with Crippen LogP contribution >= 0.6 is 0 Å². The molecule has 1 aliphatic heterocycles. The highest BCUT2D eigenvalue weighted by atomic mass is 16.2. The molecule has 1 aromatic carbocycles. The van der Waals surface area contributed by atoms with Crippen LogP contribution in [0.3, 0.4) is 0 Å². The number of piperidine rings is 1. The van der Waals surface area contributed by atoms with E-state index >= 15 is 0 Å². The molecule has 0 spiro atoms. The van der Waals surface area contributed by atoms with Gasteiger partial charge < -0.3 is 16.0 Å². The Bertz CT molecular complexity index is 872. The third kappa shape index (κ3) is 3.74. The van der Waals surface area contributed by atoms with Crippen LogP contribution in [0.1, 0.15) is 47.0 Å². The van der Waals surface area contributed by atoms with Gasteiger partial charge in [0.2, 0.25) is 5.91 Å². The van der Waals surface area contributed by atoms with Crippen LogP contribution in [0.4, 0.5) is 11.4 Å². The maximum absolute atomic E-state index is 12.5. The van der Waals surface area contributed by atoms with Gasteiger partial charge in [0.05, 0.1) is 11.4 Å². The number of amides is 2. The lowest BCUT2D eigenvalue weighted by molar-refractivity contribution is 0.0995. The molecule has 4 N–H and O–H groups in total. The van der Waals surface area contributed by atoms with Crippen molar-refractivity contribution in [2.75, 3.05) is 16.8 Å². The summed E-state index contributed by atoms with van der Waals surface area (Å²) in [5.74, 6) is -1.05. The number of rotatable bonds is 4. The molecule has 1 saturated heterocycles. The average Bonchev–Trinajstić information content (AvgIpc) is 2.63. The molecule has 8 nitrogen and oxygen atoms in total. The van der Waals surface area contributed by atoms with Crippen molar-refractivity contribution in [3.8, 4) is 0 Å². The average molecular weight is 355 g/mol. The number of hydrogen-bond donors (Lipinski definition) is 3. The van der Waals surface area contributed by atoms with Gasteiger partial charge in [0, 0.05) is 24.2 Å². The number of carbonyl (C=O) groups excluding carboxylic acids is 2. The number of nitrogens with one attached hydrogen (secondary N) is 2. The number of aromatic amines is 1. The van der Waals surface area contributed by atoms with Crippen LogP contribution in [0, 0.1) is 0 Å². The molecular weight excluding hydrogens is 334 g/mol. The van der Waals surface area contributed by atoms with Crippen LogP contribution in [0.25, 0.3) is 0 Å². The quantitative estimate of drug-likeness (QED) is 0.767. The second-order valence-corrected chi connectivity index (χ2v) is 6.39. The highest BCUT2D eigenvalue weighted by molar-refractivity contribution is 6.06. The third-order valence-electron chi connectivity index (χ3n) is 4.55. The van der Waals surface area contributed by atoms with Crippen molar-refractivity contribution in [3.63, 3.8) is 0 Å². The molecule has 1 unspecified atom stereocenters. The number of carbonyl (C=O) groups is 2. The van der Waals surface area contributed by atoms with Crippen LogP contribution in [-0.4, -0.2) is 34.6 Å². The number of primary amides is 1. The van der Waals surface area contributed by atoms with E-state index in [2.05, 4.69) is 27.3 Å². The second kappa shape index (κ2) is 7.38. The lowest BCUT2D eigenvalue weighted by atomic mass is 10.0. The van der Waals surface area contributed by atoms with E-state index in [1.807, 2.05) is 0 Å². The van der Waals surface area contributed by atoms with E-state index in [0.29, 0.717) is 17.3 Å². The predicted molar refractivity (Wildman–Crippen MR) is 98.4 cm³/mol. The molecule has 2 amide bonds. The van der Waals surface area contributed by atoms with Gasteiger partial charge in [-0.05, 0) is 50.5 Å². The molecule has 26 heavy (non-hydrogen) atoms. The summed E-state index contributed by atoms with van der Waals surface area (Å²) in [7, 11) is 0. The first-order valence-corrected chi connectivity index (χ1v) is 8.53. The van der Waals surface area contributed by atoms with E-state index in [9.17, 15) is 14.4 Å². The maximum atomic E-state index is 12.5. The minimum Gasteiger partial charge on any atom is -0.367 e. The highest BCUT2D eigenvalue weighted by Gasteiger charge is 2.23. The maximum Gasteiger partial charge on any atom is 0.276 e. The first-order valence-electron chi connectivity index (χ1n) is 8.53. The van der Waals surface area contributed by atoms with E-state index in [1.54, 1.807) is 18.2 Å². The molecule has 0 bridgehead atoms. The normalized spacial score (nSPS) is 17.0. The van der Waals surface area contributed by atoms with Crippen molar-refractivity contribution in [3.05, 3.63) is 51.9 Å². The van der Waals surface area contributed by atoms with Gasteiger partial charge in [0.25, 0.3) is 11.5 Å². The molecule has 1 atom stereocenters. The summed E-state index contributed by atoms with van der Waals surface area (Å²) in [6.45, 7) is 3.01. The van der Waals surface area contributed by atoms with Crippen LogP contribution in [-0.2, 0) is 0 Å². The number of aromatic nitrogens is 2. The smallest absolute Gasteiger partial charge is 0.276 e. The van der Waals surface area contributed by atoms with Crippen molar-refractivity contribution >= 4 is 23.2 Å². The second-order valence-electron chi connectivity index (χ2n) is 6.39. The lowest BCUT2D eigenvalue weighted by Gasteiger charge is -2.36. The van der Waals surface area contributed by atoms with Gasteiger partial charge in [0.15, 0.2) is 0 Å². The Morgan fingerprint density at radius 3 is 2.73 bits per heavy atom. The van der Waals surface area contributed by atoms with Crippen molar-refractivity contribution in [2.24, 2.45) is 5.73 Å². The lowest BCUT2D eigenvalue weighted by Crippen LogP contribution is -2.38. The van der Waals surface area contributed by atoms with Gasteiger partial charge >= 0.3 is 0 Å². The number of hydrogen-bond acceptors (Lipinski definition) is 5. The first-order chi connectivity index (χ1) is 12.5. The van der Waals surface area contributed by atoms with Gasteiger partial charge in [-0.15, -0.1) is 0 Å². The van der Waals surface area contributed by atoms with Gasteiger partial charge in [0.1, 0.15) is 5.69 Å². The van der Waals surface area contributed by atoms with Crippen molar-refractivity contribution in [1.82, 2.24) is 10.2 Å². The van der Waals surface area contributed by atoms with Gasteiger partial charge in [-0.3, -0.25) is 14.4 Å². The fraction of sp³-hybridized carbons (Fsp3) is 0.333. The van der Waals surface area contributed by atoms with Gasteiger partial charge in [-0.2, -0.15) is 5.10 Å². The summed E-state index contributed by atoms with van der Waals surface area (Å²) in [5.41, 5.74) is 6.70. The minimum absolute atomic E-state index is 0.0757. The Morgan fingerprint density at radius 1 is 1.27 bits per heavy atom. The summed E-state index contributed by atoms with van der Waals surface area (Å²) >= 11 is 0. The molecule has 2 aromatic rings. The molecular formula is C18H21N5O3. The fourth-order valence-corrected chi connectivity index (χ4v) is 3.15. The van der Waals surface area contributed by atoms with Crippen molar-refractivity contribution in [1.29, 1.82) is 0 Å². The monoisotopic (exact) mass is 355 g/mol. The standard InChI is InChI=1S/C18H21N5O3/c1-11-4-2-3-9-23(11)15-7-5-12(17(19)25)10-14(15)20-18(26)13-6-8-16(24)22-21-13/h5-8,10-11H,2-4,9H2,1H3,(H2,19,25)(H,20,26)(H,22,24). The van der Waals surface area contributed by atoms with E-state index < -0.39 is 11.8 Å². The van der Waals surface area contributed by atoms with E-state index in [0.717, 1.165) is 25.1 Å². The summed E-state index contributed by atoms with van der Waals surface area (Å²) in [5, 5.41) is 8.75. The predicted octanol–water partition coefficient (Wildman–Crippen LogP) is 1.50. The summed E-state index contributed by atoms with van der Waals surface area (Å²) in [6, 6.07) is 7.93. The summed E-state index contributed by atoms with van der Waals surface area (Å²) < 4.78 is 0. The number of H-pyrrole nitrogens is 1. The molecule has 1 aliphatic rings. The Hall–Kier alpha value is -3.16. The molecule has 0 aliphatic carbocycles. The number of nitrogens with zero attached hydrogens (tertiary/aromatic N) is 2. The number of anilines is 2. The molecule has 8 heteroatoms. The summed E-state index contributed by atoms with van der Waals surface area (Å²) in [6.07, 6.45) is 3.29. The first kappa shape index (κ1) is 17.7. The van der Waals surface area contributed by atoms with E-state index in [4.69, 9.17) is 5.73 Å². The Labute approximate surface area is 150 Å².